The van der Waals surface area contributed by atoms with E-state index in [4.69, 9.17) is 4.74 Å². The fourth-order valence-corrected chi connectivity index (χ4v) is 4.95. The first-order valence-electron chi connectivity index (χ1n) is 11.1. The lowest BCUT2D eigenvalue weighted by Gasteiger charge is -2.41. The van der Waals surface area contributed by atoms with E-state index >= 15 is 0 Å². The van der Waals surface area contributed by atoms with Crippen molar-refractivity contribution in [2.45, 2.75) is 38.4 Å². The molecule has 3 heterocycles. The highest BCUT2D eigenvalue weighted by molar-refractivity contribution is 5.30. The van der Waals surface area contributed by atoms with Crippen molar-refractivity contribution in [3.8, 4) is 5.75 Å². The molecule has 0 N–H and O–H groups in total. The van der Waals surface area contributed by atoms with Gasteiger partial charge >= 0.3 is 0 Å². The summed E-state index contributed by atoms with van der Waals surface area (Å²) in [4.78, 5) is 5.22. The summed E-state index contributed by atoms with van der Waals surface area (Å²) in [6.07, 6.45) is 2.59. The Kier molecular flexibility index (Phi) is 5.70. The first kappa shape index (κ1) is 20.2. The second kappa shape index (κ2) is 8.77. The van der Waals surface area contributed by atoms with Gasteiger partial charge in [-0.25, -0.2) is 4.68 Å². The number of methoxy groups -OCH3 is 1. The van der Waals surface area contributed by atoms with Crippen LogP contribution in [-0.4, -0.2) is 69.3 Å². The van der Waals surface area contributed by atoms with Crippen molar-refractivity contribution in [1.29, 1.82) is 0 Å². The lowest BCUT2D eigenvalue weighted by molar-refractivity contribution is 0.0794. The molecule has 2 atom stereocenters. The van der Waals surface area contributed by atoms with E-state index < -0.39 is 0 Å². The van der Waals surface area contributed by atoms with E-state index in [0.29, 0.717) is 12.6 Å². The molecule has 0 unspecified atom stereocenters. The molecule has 7 heteroatoms. The van der Waals surface area contributed by atoms with Gasteiger partial charge in [0.15, 0.2) is 5.82 Å². The zero-order valence-electron chi connectivity index (χ0n) is 18.3. The van der Waals surface area contributed by atoms with Gasteiger partial charge in [-0.05, 0) is 60.0 Å². The molecule has 2 fully saturated rings. The van der Waals surface area contributed by atoms with Crippen LogP contribution in [0.1, 0.15) is 41.4 Å². The van der Waals surface area contributed by atoms with Crippen LogP contribution in [0.2, 0.25) is 0 Å². The molecule has 0 bridgehead atoms. The van der Waals surface area contributed by atoms with Crippen LogP contribution in [0.15, 0.2) is 48.5 Å². The standard InChI is InChI=1S/C24H30N6O/c1-18-5-9-20(10-6-18)23(29-15-14-28-13-3-4-21(28)17-29)24-25-26-27-30(24)16-19-7-11-22(31-2)12-8-19/h5-12,21,23H,3-4,13-17H2,1-2H3/t21-,23+/m0/s1. The molecule has 3 aromatic rings. The van der Waals surface area contributed by atoms with Crippen molar-refractivity contribution in [2.24, 2.45) is 0 Å². The molecule has 7 nitrogen and oxygen atoms in total. The highest BCUT2D eigenvalue weighted by atomic mass is 16.5. The second-order valence-corrected chi connectivity index (χ2v) is 8.68. The van der Waals surface area contributed by atoms with E-state index in [0.717, 1.165) is 36.8 Å². The topological polar surface area (TPSA) is 59.3 Å². The van der Waals surface area contributed by atoms with Crippen molar-refractivity contribution in [1.82, 2.24) is 30.0 Å². The highest BCUT2D eigenvalue weighted by Crippen LogP contribution is 2.32. The number of aryl methyl sites for hydroxylation is 1. The minimum atomic E-state index is 0.0524. The number of benzene rings is 2. The molecule has 2 aromatic carbocycles. The Labute approximate surface area is 183 Å². The van der Waals surface area contributed by atoms with Crippen molar-refractivity contribution >= 4 is 0 Å². The molecule has 2 saturated heterocycles. The minimum absolute atomic E-state index is 0.0524. The summed E-state index contributed by atoms with van der Waals surface area (Å²) in [6.45, 7) is 7.22. The van der Waals surface area contributed by atoms with Gasteiger partial charge in [0.05, 0.1) is 19.7 Å². The van der Waals surface area contributed by atoms with Crippen molar-refractivity contribution in [3.05, 3.63) is 71.0 Å². The van der Waals surface area contributed by atoms with Gasteiger partial charge in [0, 0.05) is 25.7 Å². The predicted octanol–water partition coefficient (Wildman–Crippen LogP) is 2.91. The Bertz CT molecular complexity index is 1000. The molecular formula is C24H30N6O. The molecule has 162 valence electrons. The maximum Gasteiger partial charge on any atom is 0.173 e. The summed E-state index contributed by atoms with van der Waals surface area (Å²) in [7, 11) is 1.69. The molecule has 0 saturated carbocycles. The summed E-state index contributed by atoms with van der Waals surface area (Å²) >= 11 is 0. The fraction of sp³-hybridized carbons (Fsp3) is 0.458. The van der Waals surface area contributed by atoms with Gasteiger partial charge in [-0.15, -0.1) is 5.10 Å². The first-order chi connectivity index (χ1) is 15.2. The van der Waals surface area contributed by atoms with Crippen molar-refractivity contribution in [2.75, 3.05) is 33.3 Å². The molecular weight excluding hydrogens is 388 g/mol. The molecule has 2 aliphatic heterocycles. The summed E-state index contributed by atoms with van der Waals surface area (Å²) in [5.41, 5.74) is 3.67. The largest absolute Gasteiger partial charge is 0.497 e. The quantitative estimate of drug-likeness (QED) is 0.614. The van der Waals surface area contributed by atoms with Crippen LogP contribution in [0.5, 0.6) is 5.75 Å². The molecule has 31 heavy (non-hydrogen) atoms. The summed E-state index contributed by atoms with van der Waals surface area (Å²) in [5, 5.41) is 13.0. The van der Waals surface area contributed by atoms with Gasteiger partial charge in [0.2, 0.25) is 0 Å². The summed E-state index contributed by atoms with van der Waals surface area (Å²) < 4.78 is 7.24. The van der Waals surface area contributed by atoms with Crippen molar-refractivity contribution < 1.29 is 4.74 Å². The average Bonchev–Trinajstić information content (AvgIpc) is 3.45. The number of piperazine rings is 1. The molecule has 0 amide bonds. The van der Waals surface area contributed by atoms with Gasteiger partial charge in [-0.1, -0.05) is 42.0 Å². The Morgan fingerprint density at radius 3 is 2.61 bits per heavy atom. The summed E-state index contributed by atoms with van der Waals surface area (Å²) in [5.74, 6) is 1.76. The third-order valence-corrected chi connectivity index (χ3v) is 6.67. The van der Waals surface area contributed by atoms with E-state index in [2.05, 4.69) is 68.6 Å². The summed E-state index contributed by atoms with van der Waals surface area (Å²) in [6, 6.07) is 17.6. The van der Waals surface area contributed by atoms with Crippen LogP contribution in [0.3, 0.4) is 0 Å². The van der Waals surface area contributed by atoms with Gasteiger partial charge in [0.25, 0.3) is 0 Å². The van der Waals surface area contributed by atoms with Crippen LogP contribution < -0.4 is 4.74 Å². The number of fused-ring (bicyclic) bond motifs is 1. The highest BCUT2D eigenvalue weighted by Gasteiger charge is 2.36. The maximum absolute atomic E-state index is 5.29. The molecule has 0 spiro atoms. The predicted molar refractivity (Wildman–Crippen MR) is 119 cm³/mol. The van der Waals surface area contributed by atoms with Gasteiger partial charge in [-0.3, -0.25) is 9.80 Å². The third-order valence-electron chi connectivity index (χ3n) is 6.67. The molecule has 0 aliphatic carbocycles. The number of hydrogen-bond donors (Lipinski definition) is 0. The lowest BCUT2D eigenvalue weighted by Crippen LogP contribution is -2.51. The number of hydrogen-bond acceptors (Lipinski definition) is 6. The zero-order chi connectivity index (χ0) is 21.2. The number of ether oxygens (including phenoxy) is 1. The van der Waals surface area contributed by atoms with Crippen LogP contribution in [0, 0.1) is 6.92 Å². The van der Waals surface area contributed by atoms with E-state index in [-0.39, 0.29) is 6.04 Å². The van der Waals surface area contributed by atoms with Crippen LogP contribution in [0.25, 0.3) is 0 Å². The lowest BCUT2D eigenvalue weighted by atomic mass is 10.0. The van der Waals surface area contributed by atoms with E-state index in [1.807, 2.05) is 16.8 Å². The van der Waals surface area contributed by atoms with Gasteiger partial charge < -0.3 is 4.74 Å². The Morgan fingerprint density at radius 1 is 1.03 bits per heavy atom. The van der Waals surface area contributed by atoms with Crippen LogP contribution in [0.4, 0.5) is 0 Å². The van der Waals surface area contributed by atoms with E-state index in [1.165, 1.54) is 30.5 Å². The minimum Gasteiger partial charge on any atom is -0.497 e. The van der Waals surface area contributed by atoms with Gasteiger partial charge in [0.1, 0.15) is 5.75 Å². The normalized spacial score (nSPS) is 20.5. The van der Waals surface area contributed by atoms with Crippen molar-refractivity contribution in [3.63, 3.8) is 0 Å². The molecule has 5 rings (SSSR count). The zero-order valence-corrected chi connectivity index (χ0v) is 18.3. The van der Waals surface area contributed by atoms with E-state index in [1.54, 1.807) is 7.11 Å². The Balaban J connectivity index is 1.46. The smallest absolute Gasteiger partial charge is 0.173 e. The molecule has 2 aliphatic rings. The fourth-order valence-electron chi connectivity index (χ4n) is 4.95. The maximum atomic E-state index is 5.29. The number of tetrazole rings is 1. The van der Waals surface area contributed by atoms with E-state index in [9.17, 15) is 0 Å². The van der Waals surface area contributed by atoms with Crippen LogP contribution >= 0.6 is 0 Å². The Morgan fingerprint density at radius 2 is 1.84 bits per heavy atom. The number of nitrogens with zero attached hydrogens (tertiary/aromatic N) is 6. The average molecular weight is 419 g/mol. The number of rotatable bonds is 6. The molecule has 1 aromatic heterocycles. The SMILES string of the molecule is COc1ccc(Cn2nnnc2[C@@H](c2ccc(C)cc2)N2CCN3CCC[C@H]3C2)cc1. The number of aromatic nitrogens is 4. The monoisotopic (exact) mass is 418 g/mol. The van der Waals surface area contributed by atoms with Gasteiger partial charge in [-0.2, -0.15) is 0 Å². The molecule has 0 radical (unpaired) electrons. The second-order valence-electron chi connectivity index (χ2n) is 8.68. The van der Waals surface area contributed by atoms with Crippen LogP contribution in [-0.2, 0) is 6.54 Å². The third kappa shape index (κ3) is 4.20. The Hall–Kier alpha value is -2.77. The first-order valence-corrected chi connectivity index (χ1v) is 11.1.